The highest BCUT2D eigenvalue weighted by atomic mass is 32.3. The summed E-state index contributed by atoms with van der Waals surface area (Å²) in [7, 11) is -15.6. The predicted molar refractivity (Wildman–Crippen MR) is 104 cm³/mol. The van der Waals surface area contributed by atoms with Gasteiger partial charge in [-0.1, -0.05) is 40.4 Å². The number of likely N-dealkylation sites (tertiary alicyclic amines) is 1. The van der Waals surface area contributed by atoms with Crippen LogP contribution in [0.15, 0.2) is 0 Å². The number of halogens is 6. The summed E-state index contributed by atoms with van der Waals surface area (Å²) in [4.78, 5) is 0. The molecule has 0 aromatic heterocycles. The van der Waals surface area contributed by atoms with Gasteiger partial charge in [-0.2, -0.15) is 26.3 Å². The van der Waals surface area contributed by atoms with E-state index in [0.29, 0.717) is 0 Å². The predicted octanol–water partition coefficient (Wildman–Crippen LogP) is 4.50. The largest absolute Gasteiger partial charge is 0.504 e. The second-order valence-corrected chi connectivity index (χ2v) is 20.4. The molecule has 1 aliphatic heterocycles. The van der Waals surface area contributed by atoms with E-state index in [1.54, 1.807) is 0 Å². The number of hydrogen-bond donors (Lipinski definition) is 0. The van der Waals surface area contributed by atoms with Crippen LogP contribution in [-0.4, -0.2) is 64.2 Å². The molecule has 1 unspecified atom stereocenters. The highest BCUT2D eigenvalue weighted by molar-refractivity contribution is 8.11. The number of nitrogens with zero attached hydrogens (tertiary/aromatic N) is 1. The van der Waals surface area contributed by atoms with E-state index in [-0.39, 0.29) is 0 Å². The summed E-state index contributed by atoms with van der Waals surface area (Å²) in [5, 5.41) is -2.41. The molecule has 1 aliphatic rings. The van der Waals surface area contributed by atoms with E-state index >= 15 is 0 Å². The third-order valence-electron chi connectivity index (χ3n) is 8.38. The average molecular weight is 507 g/mol. The standard InChI is InChI=1S/C16H30F6NO4S2Si/c1-11(2)12(3,4)23(6,7)14(13(11,5)30(8,9)10,28(24,25)15(17,18)19)29(26,27)16(20,21)22/h1-10H3/q+1. The highest BCUT2D eigenvalue weighted by Gasteiger charge is 2.96. The van der Waals surface area contributed by atoms with Gasteiger partial charge in [0.2, 0.25) is 0 Å². The third-order valence-corrected chi connectivity index (χ3v) is 18.5. The molecule has 5 nitrogen and oxygen atoms in total. The fourth-order valence-electron chi connectivity index (χ4n) is 5.64. The topological polar surface area (TPSA) is 68.3 Å². The lowest BCUT2D eigenvalue weighted by Crippen LogP contribution is -2.77. The monoisotopic (exact) mass is 506 g/mol. The summed E-state index contributed by atoms with van der Waals surface area (Å²) in [6.07, 6.45) is 0. The zero-order valence-corrected chi connectivity index (χ0v) is 21.3. The van der Waals surface area contributed by atoms with E-state index in [9.17, 15) is 43.2 Å². The van der Waals surface area contributed by atoms with Crippen molar-refractivity contribution in [1.29, 1.82) is 0 Å². The minimum Gasteiger partial charge on any atom is -0.292 e. The Hall–Kier alpha value is -0.343. The molecule has 0 spiro atoms. The first-order chi connectivity index (χ1) is 12.5. The maximum atomic E-state index is 14.0. The van der Waals surface area contributed by atoms with Crippen molar-refractivity contribution in [2.24, 2.45) is 5.41 Å². The summed E-state index contributed by atoms with van der Waals surface area (Å²) >= 11 is 0. The molecular formula is C16H30F6NO4S2Si+. The van der Waals surface area contributed by atoms with Crippen molar-refractivity contribution in [2.75, 3.05) is 14.1 Å². The molecule has 0 aromatic carbocycles. The number of quaternary nitrogens is 1. The molecule has 30 heavy (non-hydrogen) atoms. The molecule has 0 aromatic rings. The van der Waals surface area contributed by atoms with Gasteiger partial charge >= 0.3 is 34.9 Å². The Morgan fingerprint density at radius 1 is 0.700 bits per heavy atom. The Morgan fingerprint density at radius 3 is 1.17 bits per heavy atom. The maximum Gasteiger partial charge on any atom is 0.504 e. The van der Waals surface area contributed by atoms with Gasteiger partial charge in [-0.15, -0.1) is 0 Å². The Kier molecular flexibility index (Phi) is 5.68. The summed E-state index contributed by atoms with van der Waals surface area (Å²) in [5.41, 5.74) is -15.7. The summed E-state index contributed by atoms with van der Waals surface area (Å²) in [6, 6.07) is 0. The van der Waals surface area contributed by atoms with Crippen molar-refractivity contribution in [1.82, 2.24) is 0 Å². The molecule has 0 saturated carbocycles. The fraction of sp³-hybridized carbons (Fsp3) is 1.00. The van der Waals surface area contributed by atoms with E-state index in [4.69, 9.17) is 0 Å². The van der Waals surface area contributed by atoms with Crippen LogP contribution >= 0.6 is 0 Å². The van der Waals surface area contributed by atoms with Gasteiger partial charge < -0.3 is 0 Å². The molecule has 1 rings (SSSR count). The molecule has 14 heteroatoms. The van der Waals surface area contributed by atoms with Crippen molar-refractivity contribution < 1.29 is 47.7 Å². The normalized spacial score (nSPS) is 29.1. The number of hydrogen-bond acceptors (Lipinski definition) is 4. The molecule has 0 aliphatic carbocycles. The van der Waals surface area contributed by atoms with Gasteiger partial charge in [0.15, 0.2) is 0 Å². The first-order valence-electron chi connectivity index (χ1n) is 8.96. The molecule has 1 fully saturated rings. The van der Waals surface area contributed by atoms with Gasteiger partial charge in [0.05, 0.1) is 27.2 Å². The highest BCUT2D eigenvalue weighted by Crippen LogP contribution is 2.79. The molecule has 0 radical (unpaired) electrons. The van der Waals surface area contributed by atoms with Crippen molar-refractivity contribution in [3.05, 3.63) is 0 Å². The second kappa shape index (κ2) is 6.16. The lowest BCUT2D eigenvalue weighted by molar-refractivity contribution is -0.948. The Bertz CT molecular complexity index is 900. The molecule has 180 valence electrons. The minimum atomic E-state index is -6.92. The molecule has 0 amide bonds. The van der Waals surface area contributed by atoms with Crippen molar-refractivity contribution in [3.8, 4) is 0 Å². The van der Waals surface area contributed by atoms with Crippen molar-refractivity contribution in [3.63, 3.8) is 0 Å². The van der Waals surface area contributed by atoms with E-state index in [1.165, 1.54) is 47.3 Å². The SMILES string of the molecule is CC1(C)C(C)(C)[N+](C)(C)C(S(=O)(=O)C(F)(F)F)(S(=O)(=O)C(F)(F)F)C1(C)[Si](C)(C)C. The van der Waals surface area contributed by atoms with Crippen LogP contribution in [0.4, 0.5) is 26.3 Å². The van der Waals surface area contributed by atoms with Crippen molar-refractivity contribution >= 4 is 27.7 Å². The van der Waals surface area contributed by atoms with Gasteiger partial charge in [-0.3, -0.25) is 4.48 Å². The van der Waals surface area contributed by atoms with Crippen LogP contribution < -0.4 is 0 Å². The molecule has 0 bridgehead atoms. The molecule has 0 N–H and O–H groups in total. The summed E-state index contributed by atoms with van der Waals surface area (Å²) in [5.74, 6) is 0. The van der Waals surface area contributed by atoms with Crippen molar-refractivity contribution in [2.45, 2.75) is 80.1 Å². The summed E-state index contributed by atoms with van der Waals surface area (Å²) < 4.78 is 131. The fourth-order valence-corrected chi connectivity index (χ4v) is 17.3. The quantitative estimate of drug-likeness (QED) is 0.321. The van der Waals surface area contributed by atoms with Gasteiger partial charge in [0.25, 0.3) is 0 Å². The second-order valence-electron chi connectivity index (χ2n) is 10.5. The first kappa shape index (κ1) is 27.7. The Labute approximate surface area is 175 Å². The zero-order valence-electron chi connectivity index (χ0n) is 18.7. The molecular weight excluding hydrogens is 476 g/mol. The zero-order chi connectivity index (χ0) is 25.0. The molecule has 1 atom stereocenters. The lowest BCUT2D eigenvalue weighted by Gasteiger charge is -2.54. The third kappa shape index (κ3) is 2.44. The van der Waals surface area contributed by atoms with E-state index < -0.39 is 63.4 Å². The van der Waals surface area contributed by atoms with Gasteiger partial charge in [0.1, 0.15) is 5.54 Å². The smallest absolute Gasteiger partial charge is 0.292 e. The van der Waals surface area contributed by atoms with Crippen LogP contribution in [0.3, 0.4) is 0 Å². The van der Waals surface area contributed by atoms with E-state index in [1.807, 2.05) is 0 Å². The van der Waals surface area contributed by atoms with Crippen LogP contribution in [0.5, 0.6) is 0 Å². The van der Waals surface area contributed by atoms with Gasteiger partial charge in [0, 0.05) is 5.41 Å². The van der Waals surface area contributed by atoms with Crippen LogP contribution in [0, 0.1) is 5.41 Å². The number of sulfone groups is 2. The lowest BCUT2D eigenvalue weighted by atomic mass is 9.69. The first-order valence-corrected chi connectivity index (χ1v) is 15.4. The number of alkyl halides is 6. The average Bonchev–Trinajstić information content (AvgIpc) is 2.49. The van der Waals surface area contributed by atoms with Crippen LogP contribution in [0.1, 0.15) is 34.6 Å². The van der Waals surface area contributed by atoms with Gasteiger partial charge in [-0.05, 0) is 13.8 Å². The van der Waals surface area contributed by atoms with E-state index in [2.05, 4.69) is 0 Å². The molecule has 1 saturated heterocycles. The van der Waals surface area contributed by atoms with Crippen LogP contribution in [-0.2, 0) is 19.7 Å². The van der Waals surface area contributed by atoms with Crippen LogP contribution in [0.2, 0.25) is 24.7 Å². The van der Waals surface area contributed by atoms with Gasteiger partial charge in [-0.25, -0.2) is 16.8 Å². The van der Waals surface area contributed by atoms with E-state index in [0.717, 1.165) is 21.0 Å². The Morgan fingerprint density at radius 2 is 0.967 bits per heavy atom. The van der Waals surface area contributed by atoms with Crippen LogP contribution in [0.25, 0.3) is 0 Å². The molecule has 1 heterocycles. The summed E-state index contributed by atoms with van der Waals surface area (Å²) in [6.45, 7) is 10.5. The minimum absolute atomic E-state index is 0.833. The maximum absolute atomic E-state index is 14.0. The Balaban J connectivity index is 4.82. The number of rotatable bonds is 3.